The summed E-state index contributed by atoms with van der Waals surface area (Å²) in [6.45, 7) is 11.6. The van der Waals surface area contributed by atoms with Gasteiger partial charge in [0.25, 0.3) is 5.91 Å². The first-order valence-electron chi connectivity index (χ1n) is 7.95. The minimum absolute atomic E-state index is 0.00266. The van der Waals surface area contributed by atoms with Crippen molar-refractivity contribution in [2.24, 2.45) is 5.92 Å². The summed E-state index contributed by atoms with van der Waals surface area (Å²) in [7, 11) is 0. The minimum Gasteiger partial charge on any atom is -0.356 e. The lowest BCUT2D eigenvalue weighted by Gasteiger charge is -2.31. The van der Waals surface area contributed by atoms with Gasteiger partial charge in [0, 0.05) is 32.2 Å². The highest BCUT2D eigenvalue weighted by atomic mass is 16.2. The summed E-state index contributed by atoms with van der Waals surface area (Å²) in [5, 5.41) is 0. The number of amides is 1. The SMILES string of the molecule is CCN(CC)C(=O)c1cc(N2CCC(C)CC2)nc(C)n1. The molecule has 2 rings (SSSR count). The number of aromatic nitrogens is 2. The Bertz CT molecular complexity index is 491. The zero-order chi connectivity index (χ0) is 15.4. The summed E-state index contributed by atoms with van der Waals surface area (Å²) >= 11 is 0. The molecular formula is C16H26N4O. The van der Waals surface area contributed by atoms with E-state index in [0.29, 0.717) is 24.6 Å². The molecule has 1 fully saturated rings. The largest absolute Gasteiger partial charge is 0.356 e. The molecule has 2 heterocycles. The van der Waals surface area contributed by atoms with Gasteiger partial charge >= 0.3 is 0 Å². The zero-order valence-electron chi connectivity index (χ0n) is 13.6. The summed E-state index contributed by atoms with van der Waals surface area (Å²) in [6, 6.07) is 1.85. The van der Waals surface area contributed by atoms with Crippen molar-refractivity contribution in [2.75, 3.05) is 31.1 Å². The quantitative estimate of drug-likeness (QED) is 0.855. The van der Waals surface area contributed by atoms with Crippen molar-refractivity contribution in [3.63, 3.8) is 0 Å². The van der Waals surface area contributed by atoms with Crippen molar-refractivity contribution < 1.29 is 4.79 Å². The van der Waals surface area contributed by atoms with Crippen LogP contribution in [0, 0.1) is 12.8 Å². The topological polar surface area (TPSA) is 49.3 Å². The average molecular weight is 290 g/mol. The lowest BCUT2D eigenvalue weighted by Crippen LogP contribution is -2.35. The van der Waals surface area contributed by atoms with E-state index in [2.05, 4.69) is 21.8 Å². The van der Waals surface area contributed by atoms with Gasteiger partial charge in [-0.1, -0.05) is 6.92 Å². The van der Waals surface area contributed by atoms with Crippen molar-refractivity contribution in [3.05, 3.63) is 17.6 Å². The van der Waals surface area contributed by atoms with Crippen LogP contribution >= 0.6 is 0 Å². The normalized spacial score (nSPS) is 16.1. The van der Waals surface area contributed by atoms with Crippen LogP contribution in [0.5, 0.6) is 0 Å². The molecule has 1 aromatic rings. The van der Waals surface area contributed by atoms with Gasteiger partial charge in [-0.2, -0.15) is 0 Å². The van der Waals surface area contributed by atoms with Crippen molar-refractivity contribution >= 4 is 11.7 Å². The average Bonchev–Trinajstić information content (AvgIpc) is 2.48. The second-order valence-electron chi connectivity index (χ2n) is 5.81. The summed E-state index contributed by atoms with van der Waals surface area (Å²) in [6.07, 6.45) is 2.37. The van der Waals surface area contributed by atoms with Crippen LogP contribution in [0.1, 0.15) is 49.9 Å². The van der Waals surface area contributed by atoms with Gasteiger partial charge < -0.3 is 9.80 Å². The number of carbonyl (C=O) groups excluding carboxylic acids is 1. The fraction of sp³-hybridized carbons (Fsp3) is 0.688. The number of rotatable bonds is 4. The Kier molecular flexibility index (Phi) is 5.15. The molecular weight excluding hydrogens is 264 g/mol. The Balaban J connectivity index is 2.23. The maximum atomic E-state index is 12.5. The number of carbonyl (C=O) groups is 1. The molecule has 0 atom stereocenters. The maximum Gasteiger partial charge on any atom is 0.272 e. The first kappa shape index (κ1) is 15.7. The molecule has 1 aromatic heterocycles. The van der Waals surface area contributed by atoms with Crippen LogP contribution in [0.2, 0.25) is 0 Å². The minimum atomic E-state index is -0.00266. The van der Waals surface area contributed by atoms with E-state index >= 15 is 0 Å². The van der Waals surface area contributed by atoms with E-state index in [9.17, 15) is 4.79 Å². The van der Waals surface area contributed by atoms with Crippen molar-refractivity contribution in [1.29, 1.82) is 0 Å². The Morgan fingerprint density at radius 1 is 1.29 bits per heavy atom. The highest BCUT2D eigenvalue weighted by Crippen LogP contribution is 2.22. The smallest absolute Gasteiger partial charge is 0.272 e. The van der Waals surface area contributed by atoms with E-state index in [1.165, 1.54) is 12.8 Å². The summed E-state index contributed by atoms with van der Waals surface area (Å²) in [5.74, 6) is 2.34. The molecule has 116 valence electrons. The molecule has 0 unspecified atom stereocenters. The van der Waals surface area contributed by atoms with Gasteiger partial charge in [0.2, 0.25) is 0 Å². The first-order valence-corrected chi connectivity index (χ1v) is 7.95. The number of aryl methyl sites for hydroxylation is 1. The third kappa shape index (κ3) is 3.71. The van der Waals surface area contributed by atoms with Crippen molar-refractivity contribution in [2.45, 2.75) is 40.5 Å². The number of hydrogen-bond donors (Lipinski definition) is 0. The van der Waals surface area contributed by atoms with Crippen LogP contribution < -0.4 is 4.90 Å². The number of hydrogen-bond acceptors (Lipinski definition) is 4. The van der Waals surface area contributed by atoms with Gasteiger partial charge in [-0.05, 0) is 39.5 Å². The summed E-state index contributed by atoms with van der Waals surface area (Å²) in [5.41, 5.74) is 0.514. The van der Waals surface area contributed by atoms with Gasteiger partial charge in [0.05, 0.1) is 0 Å². The molecule has 0 bridgehead atoms. The highest BCUT2D eigenvalue weighted by Gasteiger charge is 2.21. The molecule has 1 aliphatic heterocycles. The molecule has 0 radical (unpaired) electrons. The fourth-order valence-electron chi connectivity index (χ4n) is 2.73. The van der Waals surface area contributed by atoms with Gasteiger partial charge in [-0.3, -0.25) is 4.79 Å². The van der Waals surface area contributed by atoms with Crippen LogP contribution in [0.4, 0.5) is 5.82 Å². The Hall–Kier alpha value is -1.65. The Labute approximate surface area is 127 Å². The highest BCUT2D eigenvalue weighted by molar-refractivity contribution is 5.93. The van der Waals surface area contributed by atoms with Crippen molar-refractivity contribution in [1.82, 2.24) is 14.9 Å². The molecule has 0 aliphatic carbocycles. The molecule has 1 saturated heterocycles. The van der Waals surface area contributed by atoms with Crippen molar-refractivity contribution in [3.8, 4) is 0 Å². The number of nitrogens with zero attached hydrogens (tertiary/aromatic N) is 4. The van der Waals surface area contributed by atoms with Crippen LogP contribution in [-0.2, 0) is 0 Å². The molecule has 1 amide bonds. The third-order valence-electron chi connectivity index (χ3n) is 4.20. The Morgan fingerprint density at radius 2 is 1.90 bits per heavy atom. The summed E-state index contributed by atoms with van der Waals surface area (Å²) in [4.78, 5) is 25.4. The second-order valence-corrected chi connectivity index (χ2v) is 5.81. The van der Waals surface area contributed by atoms with Gasteiger partial charge in [0.1, 0.15) is 17.3 Å². The molecule has 1 aliphatic rings. The van der Waals surface area contributed by atoms with Crippen LogP contribution in [0.25, 0.3) is 0 Å². The molecule has 0 N–H and O–H groups in total. The lowest BCUT2D eigenvalue weighted by molar-refractivity contribution is 0.0766. The molecule has 5 heteroatoms. The van der Waals surface area contributed by atoms with Gasteiger partial charge in [-0.15, -0.1) is 0 Å². The van der Waals surface area contributed by atoms with Gasteiger partial charge in [-0.25, -0.2) is 9.97 Å². The number of anilines is 1. The van der Waals surface area contributed by atoms with E-state index in [0.717, 1.165) is 24.8 Å². The molecule has 0 spiro atoms. The fourth-order valence-corrected chi connectivity index (χ4v) is 2.73. The second kappa shape index (κ2) is 6.87. The van der Waals surface area contributed by atoms with E-state index < -0.39 is 0 Å². The number of piperidine rings is 1. The predicted octanol–water partition coefficient (Wildman–Crippen LogP) is 2.50. The van der Waals surface area contributed by atoms with Crippen LogP contribution in [0.15, 0.2) is 6.07 Å². The lowest BCUT2D eigenvalue weighted by atomic mass is 9.99. The Morgan fingerprint density at radius 3 is 2.48 bits per heavy atom. The van der Waals surface area contributed by atoms with Crippen LogP contribution in [-0.4, -0.2) is 47.0 Å². The van der Waals surface area contributed by atoms with Crippen LogP contribution in [0.3, 0.4) is 0 Å². The van der Waals surface area contributed by atoms with Gasteiger partial charge in [0.15, 0.2) is 0 Å². The third-order valence-corrected chi connectivity index (χ3v) is 4.20. The summed E-state index contributed by atoms with van der Waals surface area (Å²) < 4.78 is 0. The van der Waals surface area contributed by atoms with E-state index in [-0.39, 0.29) is 5.91 Å². The van der Waals surface area contributed by atoms with E-state index in [1.807, 2.05) is 26.8 Å². The predicted molar refractivity (Wildman–Crippen MR) is 84.6 cm³/mol. The van der Waals surface area contributed by atoms with E-state index in [4.69, 9.17) is 0 Å². The molecule has 5 nitrogen and oxygen atoms in total. The standard InChI is InChI=1S/C16H26N4O/c1-5-19(6-2)16(21)14-11-15(18-13(4)17-14)20-9-7-12(3)8-10-20/h11-12H,5-10H2,1-4H3. The first-order chi connectivity index (χ1) is 10.0. The molecule has 0 aromatic carbocycles. The maximum absolute atomic E-state index is 12.5. The molecule has 21 heavy (non-hydrogen) atoms. The van der Waals surface area contributed by atoms with E-state index in [1.54, 1.807) is 4.90 Å². The zero-order valence-corrected chi connectivity index (χ0v) is 13.6. The monoisotopic (exact) mass is 290 g/mol. The molecule has 0 saturated carbocycles.